The topological polar surface area (TPSA) is 69.9 Å². The van der Waals surface area contributed by atoms with Crippen LogP contribution in [0, 0.1) is 12.5 Å². The number of aryl methyl sites for hydroxylation is 1. The number of carbonyl (C=O) groups excluding carboxylic acids is 1. The van der Waals surface area contributed by atoms with Gasteiger partial charge in [-0.2, -0.15) is 5.11 Å². The van der Waals surface area contributed by atoms with Crippen LogP contribution < -0.4 is 5.32 Å². The fourth-order valence-electron chi connectivity index (χ4n) is 1.17. The molecule has 0 aliphatic rings. The van der Waals surface area contributed by atoms with Crippen molar-refractivity contribution in [3.05, 3.63) is 23.8 Å². The first-order valence-electron chi connectivity index (χ1n) is 3.97. The second-order valence-corrected chi connectivity index (χ2v) is 2.88. The van der Waals surface area contributed by atoms with Gasteiger partial charge in [-0.15, -0.1) is 0 Å². The number of rotatable bonds is 2. The molecule has 1 rings (SSSR count). The van der Waals surface area contributed by atoms with Crippen LogP contribution in [-0.4, -0.2) is 5.91 Å². The van der Waals surface area contributed by atoms with Crippen molar-refractivity contribution >= 4 is 17.3 Å². The molecule has 0 atom stereocenters. The predicted molar refractivity (Wildman–Crippen MR) is 48.3 cm³/mol. The van der Waals surface area contributed by atoms with Gasteiger partial charge in [0.25, 0.3) is 0 Å². The van der Waals surface area contributed by atoms with Crippen molar-refractivity contribution in [3.8, 4) is 0 Å². The first kappa shape index (κ1) is 9.54. The van der Waals surface area contributed by atoms with E-state index in [2.05, 4.69) is 5.11 Å². The molecular formula is C9H12N3O+. The molecule has 0 saturated heterocycles. The van der Waals surface area contributed by atoms with E-state index in [1.165, 1.54) is 12.2 Å². The maximum Gasteiger partial charge on any atom is 0.312 e. The van der Waals surface area contributed by atoms with Crippen molar-refractivity contribution < 1.29 is 10.1 Å². The van der Waals surface area contributed by atoms with Crippen molar-refractivity contribution in [3.63, 3.8) is 0 Å². The largest absolute Gasteiger partial charge is 0.312 e. The number of hydrogen-bond donors (Lipinski definition) is 2. The highest BCUT2D eigenvalue weighted by molar-refractivity contribution is 5.69. The summed E-state index contributed by atoms with van der Waals surface area (Å²) in [6.45, 7) is 3.35. The van der Waals surface area contributed by atoms with E-state index in [1.807, 2.05) is 19.1 Å². The maximum absolute atomic E-state index is 10.8. The van der Waals surface area contributed by atoms with E-state index < -0.39 is 0 Å². The van der Waals surface area contributed by atoms with E-state index >= 15 is 0 Å². The summed E-state index contributed by atoms with van der Waals surface area (Å²) in [6.07, 6.45) is 0. The van der Waals surface area contributed by atoms with E-state index in [1.54, 1.807) is 6.07 Å². The van der Waals surface area contributed by atoms with Crippen LogP contribution >= 0.6 is 0 Å². The first-order valence-corrected chi connectivity index (χ1v) is 3.97. The Balaban J connectivity index is 3.12. The number of hydrogen-bond acceptors (Lipinski definition) is 3. The van der Waals surface area contributed by atoms with Gasteiger partial charge >= 0.3 is 5.91 Å². The van der Waals surface area contributed by atoms with Crippen molar-refractivity contribution in [2.75, 3.05) is 0 Å². The summed E-state index contributed by atoms with van der Waals surface area (Å²) in [6, 6.07) is 5.49. The molecule has 0 aromatic heterocycles. The van der Waals surface area contributed by atoms with Crippen LogP contribution in [0.25, 0.3) is 0 Å². The smallest absolute Gasteiger partial charge is 0.249 e. The number of nitrogens with one attached hydrogen (secondary N) is 1. The van der Waals surface area contributed by atoms with E-state index in [4.69, 9.17) is 5.53 Å². The third-order valence-electron chi connectivity index (χ3n) is 1.74. The minimum Gasteiger partial charge on any atom is -0.249 e. The van der Waals surface area contributed by atoms with Crippen molar-refractivity contribution in [1.29, 1.82) is 5.53 Å². The van der Waals surface area contributed by atoms with Crippen molar-refractivity contribution in [2.45, 2.75) is 13.8 Å². The third-order valence-corrected chi connectivity index (χ3v) is 1.74. The minimum absolute atomic E-state index is 0.0319. The second-order valence-electron chi connectivity index (χ2n) is 2.88. The lowest BCUT2D eigenvalue weighted by molar-refractivity contribution is -0.480. The van der Waals surface area contributed by atoms with Gasteiger partial charge in [0.2, 0.25) is 0 Å². The van der Waals surface area contributed by atoms with E-state index in [-0.39, 0.29) is 5.91 Å². The number of benzene rings is 1. The van der Waals surface area contributed by atoms with Gasteiger partial charge < -0.3 is 0 Å². The number of carbonyl (C=O) groups is 1. The highest BCUT2D eigenvalue weighted by atomic mass is 16.1. The summed E-state index contributed by atoms with van der Waals surface area (Å²) in [5.74, 6) is -0.0319. The Morgan fingerprint density at radius 1 is 1.54 bits per heavy atom. The maximum atomic E-state index is 10.8. The molecule has 3 N–H and O–H groups in total. The van der Waals surface area contributed by atoms with E-state index in [0.29, 0.717) is 11.4 Å². The Bertz CT molecular complexity index is 347. The molecule has 0 radical (unpaired) electrons. The first-order chi connectivity index (χ1) is 6.15. The molecule has 0 aliphatic carbocycles. The number of primary amides is 1. The summed E-state index contributed by atoms with van der Waals surface area (Å²) in [5, 5.41) is 4.88. The molecule has 68 valence electrons. The molecule has 0 spiro atoms. The molecule has 1 aromatic carbocycles. The van der Waals surface area contributed by atoms with Crippen LogP contribution in [0.4, 0.5) is 11.4 Å². The average Bonchev–Trinajstić information content (AvgIpc) is 2.03. The van der Waals surface area contributed by atoms with Crippen LogP contribution in [-0.2, 0) is 4.79 Å². The standard InChI is InChI=1S/C9H11N3O/c1-6-4-3-5-8(9(6)12-10)11-7(2)13/h3-5,10H,1-2H3,(H,11,13)/p+1. The molecule has 0 aliphatic heterocycles. The normalized spacial score (nSPS) is 9.69. The van der Waals surface area contributed by atoms with Gasteiger partial charge in [-0.1, -0.05) is 12.1 Å². The van der Waals surface area contributed by atoms with E-state index in [9.17, 15) is 4.79 Å². The Labute approximate surface area is 76.5 Å². The number of nitrogens with two attached hydrogens (primary N) is 1. The molecule has 4 nitrogen and oxygen atoms in total. The van der Waals surface area contributed by atoms with Crippen molar-refractivity contribution in [1.82, 2.24) is 0 Å². The summed E-state index contributed by atoms with van der Waals surface area (Å²) in [4.78, 5) is 10.8. The molecule has 1 aromatic rings. The molecule has 4 heteroatoms. The second kappa shape index (κ2) is 3.91. The van der Waals surface area contributed by atoms with E-state index in [0.717, 1.165) is 5.56 Å². The fraction of sp³-hybridized carbons (Fsp3) is 0.222. The zero-order valence-electron chi connectivity index (χ0n) is 7.66. The lowest BCUT2D eigenvalue weighted by Gasteiger charge is -2.01. The zero-order chi connectivity index (χ0) is 9.84. The zero-order valence-corrected chi connectivity index (χ0v) is 7.66. The van der Waals surface area contributed by atoms with Gasteiger partial charge in [0.1, 0.15) is 5.69 Å². The SMILES string of the molecule is CC(=O)[NH2+]c1cccc(C)c1N=N. The Morgan fingerprint density at radius 3 is 2.77 bits per heavy atom. The predicted octanol–water partition coefficient (Wildman–Crippen LogP) is 1.40. The van der Waals surface area contributed by atoms with Crippen LogP contribution in [0.3, 0.4) is 0 Å². The number of amides is 1. The van der Waals surface area contributed by atoms with Gasteiger partial charge in [-0.25, -0.2) is 15.6 Å². The molecule has 1 amide bonds. The highest BCUT2D eigenvalue weighted by Gasteiger charge is 2.09. The van der Waals surface area contributed by atoms with Crippen LogP contribution in [0.15, 0.2) is 23.3 Å². The molecule has 0 saturated carbocycles. The lowest BCUT2D eigenvalue weighted by atomic mass is 10.2. The van der Waals surface area contributed by atoms with Crippen LogP contribution in [0.5, 0.6) is 0 Å². The fourth-order valence-corrected chi connectivity index (χ4v) is 1.17. The van der Waals surface area contributed by atoms with Gasteiger partial charge in [0, 0.05) is 6.07 Å². The monoisotopic (exact) mass is 178 g/mol. The quantitative estimate of drug-likeness (QED) is 0.521. The molecule has 13 heavy (non-hydrogen) atoms. The molecular weight excluding hydrogens is 166 g/mol. The Morgan fingerprint density at radius 2 is 2.23 bits per heavy atom. The van der Waals surface area contributed by atoms with Crippen LogP contribution in [0.2, 0.25) is 0 Å². The Hall–Kier alpha value is -1.55. The van der Waals surface area contributed by atoms with Gasteiger partial charge in [0.15, 0.2) is 5.69 Å². The lowest BCUT2D eigenvalue weighted by Crippen LogP contribution is -2.81. The summed E-state index contributed by atoms with van der Waals surface area (Å²) in [7, 11) is 0. The summed E-state index contributed by atoms with van der Waals surface area (Å²) < 4.78 is 0. The van der Waals surface area contributed by atoms with Gasteiger partial charge in [-0.05, 0) is 12.5 Å². The van der Waals surface area contributed by atoms with Gasteiger partial charge in [-0.3, -0.25) is 0 Å². The third kappa shape index (κ3) is 2.19. The Kier molecular flexibility index (Phi) is 2.87. The molecule has 0 fully saturated rings. The molecule has 0 bridgehead atoms. The molecule has 0 unspecified atom stereocenters. The minimum atomic E-state index is -0.0319. The number of quaternary nitrogens is 1. The highest BCUT2D eigenvalue weighted by Crippen LogP contribution is 2.24. The number of nitrogens with zero attached hydrogens (tertiary/aromatic N) is 1. The average molecular weight is 178 g/mol. The van der Waals surface area contributed by atoms with Crippen LogP contribution in [0.1, 0.15) is 12.5 Å². The van der Waals surface area contributed by atoms with Gasteiger partial charge in [0.05, 0.1) is 6.92 Å². The summed E-state index contributed by atoms with van der Waals surface area (Å²) >= 11 is 0. The number of para-hydroxylation sites is 1. The molecule has 0 heterocycles. The van der Waals surface area contributed by atoms with Crippen molar-refractivity contribution in [2.24, 2.45) is 5.11 Å². The summed E-state index contributed by atoms with van der Waals surface area (Å²) in [5.41, 5.74) is 9.15.